The molecule has 0 aliphatic carbocycles. The van der Waals surface area contributed by atoms with Gasteiger partial charge in [0.15, 0.2) is 0 Å². The minimum Gasteiger partial charge on any atom is -0.212 e. The first-order valence-electron chi connectivity index (χ1n) is 6.45. The highest BCUT2D eigenvalue weighted by Crippen LogP contribution is 2.25. The Labute approximate surface area is 100 Å². The third-order valence-electron chi connectivity index (χ3n) is 3.53. The Balaban J connectivity index is 2.60. The van der Waals surface area contributed by atoms with Crippen LogP contribution in [-0.2, 0) is 10.0 Å². The smallest absolute Gasteiger partial charge is 0.212 e. The van der Waals surface area contributed by atoms with E-state index in [-0.39, 0.29) is 0 Å². The van der Waals surface area contributed by atoms with Gasteiger partial charge in [0, 0.05) is 13.1 Å². The van der Waals surface area contributed by atoms with Crippen LogP contribution in [0.3, 0.4) is 0 Å². The molecule has 1 saturated heterocycles. The minimum atomic E-state index is -2.97. The van der Waals surface area contributed by atoms with Crippen molar-refractivity contribution in [3.05, 3.63) is 0 Å². The zero-order chi connectivity index (χ0) is 12.2. The lowest BCUT2D eigenvalue weighted by Crippen LogP contribution is -2.33. The van der Waals surface area contributed by atoms with E-state index in [2.05, 4.69) is 13.8 Å². The van der Waals surface area contributed by atoms with Crippen LogP contribution in [0.15, 0.2) is 0 Å². The van der Waals surface area contributed by atoms with Gasteiger partial charge in [-0.1, -0.05) is 20.8 Å². The molecule has 0 bridgehead atoms. The Morgan fingerprint density at radius 3 is 2.50 bits per heavy atom. The van der Waals surface area contributed by atoms with Gasteiger partial charge in [0.05, 0.1) is 5.75 Å². The van der Waals surface area contributed by atoms with Crippen LogP contribution >= 0.6 is 0 Å². The molecule has 0 N–H and O–H groups in total. The van der Waals surface area contributed by atoms with Gasteiger partial charge in [-0.05, 0) is 37.5 Å². The van der Waals surface area contributed by atoms with Crippen molar-refractivity contribution >= 4 is 10.0 Å². The standard InChI is InChI=1S/C12H25NO2S/c1-4-10-16(14,15)13-8-5-6-12(7-9-13)11(2)3/h11-12H,4-10H2,1-3H3. The zero-order valence-corrected chi connectivity index (χ0v) is 11.6. The summed E-state index contributed by atoms with van der Waals surface area (Å²) in [5.74, 6) is 1.68. The summed E-state index contributed by atoms with van der Waals surface area (Å²) < 4.78 is 25.6. The third kappa shape index (κ3) is 3.74. The molecule has 1 atom stereocenters. The normalized spacial score (nSPS) is 24.6. The van der Waals surface area contributed by atoms with Gasteiger partial charge in [-0.15, -0.1) is 0 Å². The van der Waals surface area contributed by atoms with Crippen molar-refractivity contribution in [2.45, 2.75) is 46.5 Å². The molecule has 96 valence electrons. The number of nitrogens with zero attached hydrogens (tertiary/aromatic N) is 1. The van der Waals surface area contributed by atoms with E-state index in [0.717, 1.165) is 25.9 Å². The molecule has 1 rings (SSSR count). The lowest BCUT2D eigenvalue weighted by Gasteiger charge is -2.20. The van der Waals surface area contributed by atoms with E-state index in [0.29, 0.717) is 24.0 Å². The first-order chi connectivity index (χ1) is 7.47. The van der Waals surface area contributed by atoms with Crippen molar-refractivity contribution in [2.75, 3.05) is 18.8 Å². The average molecular weight is 247 g/mol. The van der Waals surface area contributed by atoms with Crippen LogP contribution in [-0.4, -0.2) is 31.6 Å². The highest BCUT2D eigenvalue weighted by molar-refractivity contribution is 7.89. The average Bonchev–Trinajstić information content (AvgIpc) is 2.42. The van der Waals surface area contributed by atoms with Crippen molar-refractivity contribution in [3.63, 3.8) is 0 Å². The molecule has 1 aliphatic heterocycles. The Morgan fingerprint density at radius 1 is 1.25 bits per heavy atom. The SMILES string of the molecule is CCCS(=O)(=O)N1CCCC(C(C)C)CC1. The topological polar surface area (TPSA) is 37.4 Å². The summed E-state index contributed by atoms with van der Waals surface area (Å²) >= 11 is 0. The highest BCUT2D eigenvalue weighted by Gasteiger charge is 2.26. The van der Waals surface area contributed by atoms with Crippen LogP contribution in [0.4, 0.5) is 0 Å². The van der Waals surface area contributed by atoms with Crippen molar-refractivity contribution in [2.24, 2.45) is 11.8 Å². The van der Waals surface area contributed by atoms with Crippen molar-refractivity contribution in [1.29, 1.82) is 0 Å². The van der Waals surface area contributed by atoms with E-state index in [1.165, 1.54) is 6.42 Å². The Bertz CT molecular complexity index is 298. The second kappa shape index (κ2) is 6.01. The molecule has 0 aromatic heterocycles. The van der Waals surface area contributed by atoms with Gasteiger partial charge < -0.3 is 0 Å². The summed E-state index contributed by atoms with van der Waals surface area (Å²) in [5, 5.41) is 0. The van der Waals surface area contributed by atoms with Gasteiger partial charge in [0.1, 0.15) is 0 Å². The molecule has 0 amide bonds. The maximum absolute atomic E-state index is 11.9. The second-order valence-corrected chi connectivity index (χ2v) is 7.24. The van der Waals surface area contributed by atoms with Crippen molar-refractivity contribution < 1.29 is 8.42 Å². The summed E-state index contributed by atoms with van der Waals surface area (Å²) in [4.78, 5) is 0. The van der Waals surface area contributed by atoms with Crippen LogP contribution < -0.4 is 0 Å². The number of hydrogen-bond donors (Lipinski definition) is 0. The number of rotatable bonds is 4. The number of sulfonamides is 1. The molecule has 4 heteroatoms. The van der Waals surface area contributed by atoms with E-state index < -0.39 is 10.0 Å². The minimum absolute atomic E-state index is 0.305. The fourth-order valence-electron chi connectivity index (χ4n) is 2.43. The first-order valence-corrected chi connectivity index (χ1v) is 8.06. The molecule has 0 aromatic carbocycles. The van der Waals surface area contributed by atoms with Gasteiger partial charge >= 0.3 is 0 Å². The summed E-state index contributed by atoms with van der Waals surface area (Å²) in [5.41, 5.74) is 0. The van der Waals surface area contributed by atoms with E-state index in [1.54, 1.807) is 4.31 Å². The Morgan fingerprint density at radius 2 is 1.94 bits per heavy atom. The first kappa shape index (κ1) is 14.0. The Kier molecular flexibility index (Phi) is 5.25. The molecular weight excluding hydrogens is 222 g/mol. The lowest BCUT2D eigenvalue weighted by molar-refractivity contribution is 0.340. The van der Waals surface area contributed by atoms with Crippen LogP contribution in [0.2, 0.25) is 0 Å². The lowest BCUT2D eigenvalue weighted by atomic mass is 9.89. The van der Waals surface area contributed by atoms with Gasteiger partial charge in [0.2, 0.25) is 10.0 Å². The fraction of sp³-hybridized carbons (Fsp3) is 1.00. The van der Waals surface area contributed by atoms with E-state index in [9.17, 15) is 8.42 Å². The van der Waals surface area contributed by atoms with Crippen molar-refractivity contribution in [3.8, 4) is 0 Å². The quantitative estimate of drug-likeness (QED) is 0.765. The summed E-state index contributed by atoms with van der Waals surface area (Å²) in [6.45, 7) is 7.85. The van der Waals surface area contributed by atoms with Gasteiger partial charge in [0.25, 0.3) is 0 Å². The summed E-state index contributed by atoms with van der Waals surface area (Å²) in [6.07, 6.45) is 3.94. The molecule has 0 radical (unpaired) electrons. The van der Waals surface area contributed by atoms with Gasteiger partial charge in [-0.3, -0.25) is 0 Å². The van der Waals surface area contributed by atoms with E-state index in [1.807, 2.05) is 6.92 Å². The molecule has 1 heterocycles. The van der Waals surface area contributed by atoms with Crippen LogP contribution in [0, 0.1) is 11.8 Å². The largest absolute Gasteiger partial charge is 0.214 e. The fourth-order valence-corrected chi connectivity index (χ4v) is 3.99. The third-order valence-corrected chi connectivity index (χ3v) is 5.61. The van der Waals surface area contributed by atoms with Crippen LogP contribution in [0.5, 0.6) is 0 Å². The molecule has 1 fully saturated rings. The van der Waals surface area contributed by atoms with Gasteiger partial charge in [-0.25, -0.2) is 12.7 Å². The predicted molar refractivity (Wildman–Crippen MR) is 67.8 cm³/mol. The summed E-state index contributed by atoms with van der Waals surface area (Å²) in [7, 11) is -2.97. The molecular formula is C12H25NO2S. The molecule has 1 unspecified atom stereocenters. The summed E-state index contributed by atoms with van der Waals surface area (Å²) in [6, 6.07) is 0. The van der Waals surface area contributed by atoms with E-state index >= 15 is 0 Å². The van der Waals surface area contributed by atoms with Crippen molar-refractivity contribution in [1.82, 2.24) is 4.31 Å². The van der Waals surface area contributed by atoms with Crippen LogP contribution in [0.25, 0.3) is 0 Å². The highest BCUT2D eigenvalue weighted by atomic mass is 32.2. The molecule has 16 heavy (non-hydrogen) atoms. The van der Waals surface area contributed by atoms with Gasteiger partial charge in [-0.2, -0.15) is 0 Å². The number of hydrogen-bond acceptors (Lipinski definition) is 2. The molecule has 0 saturated carbocycles. The monoisotopic (exact) mass is 247 g/mol. The molecule has 0 aromatic rings. The Hall–Kier alpha value is -0.0900. The second-order valence-electron chi connectivity index (χ2n) is 5.15. The maximum Gasteiger partial charge on any atom is 0.214 e. The molecule has 1 aliphatic rings. The zero-order valence-electron chi connectivity index (χ0n) is 10.8. The van der Waals surface area contributed by atoms with E-state index in [4.69, 9.17) is 0 Å². The van der Waals surface area contributed by atoms with Crippen LogP contribution in [0.1, 0.15) is 46.5 Å². The maximum atomic E-state index is 11.9. The molecule has 3 nitrogen and oxygen atoms in total. The predicted octanol–water partition coefficient (Wildman–Crippen LogP) is 2.48. The molecule has 0 spiro atoms.